The fourth-order valence-corrected chi connectivity index (χ4v) is 2.39. The van der Waals surface area contributed by atoms with Gasteiger partial charge in [0.15, 0.2) is 0 Å². The van der Waals surface area contributed by atoms with Crippen molar-refractivity contribution in [1.29, 1.82) is 0 Å². The molecule has 0 N–H and O–H groups in total. The lowest BCUT2D eigenvalue weighted by Gasteiger charge is -2.16. The highest BCUT2D eigenvalue weighted by molar-refractivity contribution is 6.21. The van der Waals surface area contributed by atoms with Crippen LogP contribution in [0.1, 0.15) is 24.3 Å². The lowest BCUT2D eigenvalue weighted by molar-refractivity contribution is 0.119. The van der Waals surface area contributed by atoms with Crippen LogP contribution in [0.4, 0.5) is 8.78 Å². The summed E-state index contributed by atoms with van der Waals surface area (Å²) in [5, 5.41) is -0.453. The van der Waals surface area contributed by atoms with Gasteiger partial charge in [-0.3, -0.25) is 0 Å². The minimum absolute atomic E-state index is 0.0941. The van der Waals surface area contributed by atoms with E-state index in [1.54, 1.807) is 0 Å². The summed E-state index contributed by atoms with van der Waals surface area (Å²) in [6.07, 6.45) is 0.972. The average molecular weight is 247 g/mol. The van der Waals surface area contributed by atoms with Gasteiger partial charge >= 0.3 is 0 Å². The summed E-state index contributed by atoms with van der Waals surface area (Å²) < 4.78 is 31.6. The molecule has 0 aliphatic carbocycles. The van der Waals surface area contributed by atoms with Gasteiger partial charge in [-0.2, -0.15) is 0 Å². The number of rotatable bonds is 2. The highest BCUT2D eigenvalue weighted by atomic mass is 35.5. The van der Waals surface area contributed by atoms with Crippen molar-refractivity contribution in [3.63, 3.8) is 0 Å². The summed E-state index contributed by atoms with van der Waals surface area (Å²) in [7, 11) is 0. The van der Waals surface area contributed by atoms with Crippen LogP contribution in [-0.2, 0) is 4.74 Å². The van der Waals surface area contributed by atoms with Crippen molar-refractivity contribution < 1.29 is 13.5 Å². The molecule has 1 fully saturated rings. The topological polar surface area (TPSA) is 9.23 Å². The zero-order chi connectivity index (χ0) is 11.7. The molecule has 0 spiro atoms. The minimum Gasteiger partial charge on any atom is -0.378 e. The van der Waals surface area contributed by atoms with Gasteiger partial charge in [-0.25, -0.2) is 8.78 Å². The lowest BCUT2D eigenvalue weighted by Crippen LogP contribution is -2.09. The van der Waals surface area contributed by atoms with Crippen molar-refractivity contribution in [3.8, 4) is 0 Å². The Morgan fingerprint density at radius 2 is 2.19 bits per heavy atom. The number of ether oxygens (including phenoxy) is 1. The first kappa shape index (κ1) is 11.8. The molecule has 88 valence electrons. The van der Waals surface area contributed by atoms with Gasteiger partial charge in [0.2, 0.25) is 0 Å². The zero-order valence-electron chi connectivity index (χ0n) is 8.92. The number of hydrogen-bond donors (Lipinski definition) is 0. The van der Waals surface area contributed by atoms with Crippen LogP contribution in [0, 0.1) is 17.6 Å². The first-order valence-corrected chi connectivity index (χ1v) is 5.72. The first-order valence-electron chi connectivity index (χ1n) is 5.28. The van der Waals surface area contributed by atoms with Gasteiger partial charge in [0.05, 0.1) is 18.1 Å². The maximum Gasteiger partial charge on any atom is 0.130 e. The Balaban J connectivity index is 2.17. The van der Waals surface area contributed by atoms with E-state index in [1.807, 2.05) is 6.92 Å². The normalized spacial score (nSPS) is 27.0. The van der Waals surface area contributed by atoms with E-state index >= 15 is 0 Å². The maximum atomic E-state index is 13.5. The van der Waals surface area contributed by atoms with E-state index in [2.05, 4.69) is 0 Å². The smallest absolute Gasteiger partial charge is 0.130 e. The summed E-state index contributed by atoms with van der Waals surface area (Å²) >= 11 is 6.19. The van der Waals surface area contributed by atoms with Crippen LogP contribution >= 0.6 is 11.6 Å². The lowest BCUT2D eigenvalue weighted by atomic mass is 9.96. The fraction of sp³-hybridized carbons (Fsp3) is 0.500. The Bertz CT molecular complexity index is 383. The molecule has 1 aliphatic rings. The second-order valence-electron chi connectivity index (χ2n) is 4.21. The van der Waals surface area contributed by atoms with Gasteiger partial charge in [0, 0.05) is 17.5 Å². The van der Waals surface area contributed by atoms with Crippen molar-refractivity contribution in [2.45, 2.75) is 24.8 Å². The highest BCUT2D eigenvalue weighted by Crippen LogP contribution is 2.37. The Morgan fingerprint density at radius 3 is 2.75 bits per heavy atom. The van der Waals surface area contributed by atoms with Crippen molar-refractivity contribution in [3.05, 3.63) is 35.4 Å². The molecule has 3 unspecified atom stereocenters. The average Bonchev–Trinajstić information content (AvgIpc) is 2.64. The third-order valence-corrected chi connectivity index (χ3v) is 3.49. The van der Waals surface area contributed by atoms with E-state index in [4.69, 9.17) is 16.3 Å². The van der Waals surface area contributed by atoms with Gasteiger partial charge < -0.3 is 4.74 Å². The molecule has 1 saturated heterocycles. The van der Waals surface area contributed by atoms with Crippen LogP contribution in [0.5, 0.6) is 0 Å². The predicted molar refractivity (Wildman–Crippen MR) is 58.5 cm³/mol. The summed E-state index contributed by atoms with van der Waals surface area (Å²) in [6.45, 7) is 2.50. The molecule has 16 heavy (non-hydrogen) atoms. The van der Waals surface area contributed by atoms with Crippen LogP contribution in [0.3, 0.4) is 0 Å². The Hall–Kier alpha value is -0.670. The molecule has 0 amide bonds. The molecule has 3 atom stereocenters. The molecule has 0 aromatic heterocycles. The third-order valence-electron chi connectivity index (χ3n) is 2.90. The molecular formula is C12H13ClF2O. The molecule has 1 aromatic carbocycles. The monoisotopic (exact) mass is 246 g/mol. The molecule has 1 nitrogen and oxygen atoms in total. The first-order chi connectivity index (χ1) is 7.58. The van der Waals surface area contributed by atoms with Gasteiger partial charge in [-0.1, -0.05) is 6.07 Å². The maximum absolute atomic E-state index is 13.5. The Kier molecular flexibility index (Phi) is 3.45. The molecule has 0 radical (unpaired) electrons. The van der Waals surface area contributed by atoms with Gasteiger partial charge in [-0.15, -0.1) is 11.6 Å². The zero-order valence-corrected chi connectivity index (χ0v) is 9.68. The van der Waals surface area contributed by atoms with E-state index < -0.39 is 17.0 Å². The van der Waals surface area contributed by atoms with Crippen LogP contribution in [0.25, 0.3) is 0 Å². The number of halogens is 3. The molecule has 0 saturated carbocycles. The standard InChI is InChI=1S/C12H13ClF2O/c1-7-4-8(6-16-7)12(13)10-3-2-9(14)5-11(10)15/h2-3,5,7-8,12H,4,6H2,1H3. The van der Waals surface area contributed by atoms with Crippen molar-refractivity contribution in [1.82, 2.24) is 0 Å². The van der Waals surface area contributed by atoms with Crippen LogP contribution in [0.2, 0.25) is 0 Å². The summed E-state index contributed by atoms with van der Waals surface area (Å²) in [4.78, 5) is 0. The predicted octanol–water partition coefficient (Wildman–Crippen LogP) is 3.67. The van der Waals surface area contributed by atoms with E-state index in [0.717, 1.165) is 12.5 Å². The molecular weight excluding hydrogens is 234 g/mol. The SMILES string of the molecule is CC1CC(C(Cl)c2ccc(F)cc2F)CO1. The van der Waals surface area contributed by atoms with Crippen molar-refractivity contribution in [2.75, 3.05) is 6.61 Å². The number of benzene rings is 1. The van der Waals surface area contributed by atoms with E-state index in [1.165, 1.54) is 12.1 Å². The van der Waals surface area contributed by atoms with E-state index in [-0.39, 0.29) is 12.0 Å². The summed E-state index contributed by atoms with van der Waals surface area (Å²) in [5.74, 6) is -1.07. The largest absolute Gasteiger partial charge is 0.378 e. The van der Waals surface area contributed by atoms with Gasteiger partial charge in [0.25, 0.3) is 0 Å². The quantitative estimate of drug-likeness (QED) is 0.724. The minimum atomic E-state index is -0.584. The molecule has 1 heterocycles. The van der Waals surface area contributed by atoms with Crippen molar-refractivity contribution in [2.24, 2.45) is 5.92 Å². The molecule has 2 rings (SSSR count). The molecule has 1 aromatic rings. The molecule has 4 heteroatoms. The summed E-state index contributed by atoms with van der Waals surface area (Å²) in [5.41, 5.74) is 0.353. The molecule has 1 aliphatic heterocycles. The van der Waals surface area contributed by atoms with Crippen LogP contribution < -0.4 is 0 Å². The number of hydrogen-bond acceptors (Lipinski definition) is 1. The van der Waals surface area contributed by atoms with E-state index in [9.17, 15) is 8.78 Å². The Morgan fingerprint density at radius 1 is 1.44 bits per heavy atom. The summed E-state index contributed by atoms with van der Waals surface area (Å²) in [6, 6.07) is 3.50. The van der Waals surface area contributed by atoms with Crippen LogP contribution in [0.15, 0.2) is 18.2 Å². The van der Waals surface area contributed by atoms with Crippen molar-refractivity contribution >= 4 is 11.6 Å². The van der Waals surface area contributed by atoms with Crippen LogP contribution in [-0.4, -0.2) is 12.7 Å². The second kappa shape index (κ2) is 4.68. The highest BCUT2D eigenvalue weighted by Gasteiger charge is 2.30. The fourth-order valence-electron chi connectivity index (χ4n) is 2.03. The molecule has 0 bridgehead atoms. The van der Waals surface area contributed by atoms with Gasteiger partial charge in [-0.05, 0) is 19.4 Å². The Labute approximate surface area is 98.4 Å². The van der Waals surface area contributed by atoms with E-state index in [0.29, 0.717) is 12.2 Å². The van der Waals surface area contributed by atoms with Gasteiger partial charge in [0.1, 0.15) is 11.6 Å². The second-order valence-corrected chi connectivity index (χ2v) is 4.68. The number of alkyl halides is 1. The third kappa shape index (κ3) is 2.36.